The van der Waals surface area contributed by atoms with Gasteiger partial charge >= 0.3 is 5.97 Å². The van der Waals surface area contributed by atoms with Crippen LogP contribution in [0.5, 0.6) is 0 Å². The molecule has 0 spiro atoms. The predicted octanol–water partition coefficient (Wildman–Crippen LogP) is 3.23. The van der Waals surface area contributed by atoms with Gasteiger partial charge < -0.3 is 5.11 Å². The topological polar surface area (TPSA) is 55.1 Å². The quantitative estimate of drug-likeness (QED) is 0.800. The van der Waals surface area contributed by atoms with Crippen LogP contribution in [-0.4, -0.2) is 20.9 Å². The SMILES string of the molecule is O=C(O)Cc1cn(-c2ccccc2)nc1-c1cccs1. The molecule has 0 unspecified atom stereocenters. The van der Waals surface area contributed by atoms with Crippen molar-refractivity contribution in [2.45, 2.75) is 6.42 Å². The Labute approximate surface area is 119 Å². The average Bonchev–Trinajstić information content (AvgIpc) is 3.08. The van der Waals surface area contributed by atoms with Crippen LogP contribution in [0.2, 0.25) is 0 Å². The summed E-state index contributed by atoms with van der Waals surface area (Å²) in [7, 11) is 0. The van der Waals surface area contributed by atoms with Crippen LogP contribution >= 0.6 is 11.3 Å². The van der Waals surface area contributed by atoms with E-state index in [1.807, 2.05) is 47.8 Å². The molecule has 1 aromatic carbocycles. The van der Waals surface area contributed by atoms with Gasteiger partial charge in [0.05, 0.1) is 17.0 Å². The first-order valence-corrected chi connectivity index (χ1v) is 7.01. The standard InChI is InChI=1S/C15H12N2O2S/c18-14(19)9-11-10-17(12-5-2-1-3-6-12)16-15(11)13-7-4-8-20-13/h1-8,10H,9H2,(H,18,19). The third-order valence-corrected chi connectivity index (χ3v) is 3.78. The number of carboxylic acids is 1. The van der Waals surface area contributed by atoms with E-state index >= 15 is 0 Å². The minimum Gasteiger partial charge on any atom is -0.481 e. The van der Waals surface area contributed by atoms with Crippen LogP contribution in [0.1, 0.15) is 5.56 Å². The van der Waals surface area contributed by atoms with Gasteiger partial charge in [0.1, 0.15) is 5.69 Å². The molecule has 0 bridgehead atoms. The molecule has 100 valence electrons. The maximum Gasteiger partial charge on any atom is 0.307 e. The highest BCUT2D eigenvalue weighted by molar-refractivity contribution is 7.13. The third kappa shape index (κ3) is 2.48. The number of carbonyl (C=O) groups is 1. The van der Waals surface area contributed by atoms with E-state index in [-0.39, 0.29) is 6.42 Å². The largest absolute Gasteiger partial charge is 0.481 e. The van der Waals surface area contributed by atoms with Gasteiger partial charge in [-0.3, -0.25) is 4.79 Å². The summed E-state index contributed by atoms with van der Waals surface area (Å²) in [6.07, 6.45) is 1.76. The van der Waals surface area contributed by atoms with Crippen molar-refractivity contribution in [1.82, 2.24) is 9.78 Å². The van der Waals surface area contributed by atoms with E-state index in [0.717, 1.165) is 21.8 Å². The lowest BCUT2D eigenvalue weighted by atomic mass is 10.1. The van der Waals surface area contributed by atoms with Gasteiger partial charge in [-0.15, -0.1) is 11.3 Å². The fourth-order valence-electron chi connectivity index (χ4n) is 2.04. The monoisotopic (exact) mass is 284 g/mol. The summed E-state index contributed by atoms with van der Waals surface area (Å²) < 4.78 is 1.73. The molecule has 1 N–H and O–H groups in total. The molecule has 4 nitrogen and oxygen atoms in total. The fraction of sp³-hybridized carbons (Fsp3) is 0.0667. The Morgan fingerprint density at radius 3 is 2.65 bits per heavy atom. The summed E-state index contributed by atoms with van der Waals surface area (Å²) in [6.45, 7) is 0. The summed E-state index contributed by atoms with van der Waals surface area (Å²) in [6, 6.07) is 13.6. The number of hydrogen-bond acceptors (Lipinski definition) is 3. The molecule has 3 aromatic rings. The normalized spacial score (nSPS) is 10.6. The zero-order valence-corrected chi connectivity index (χ0v) is 11.4. The predicted molar refractivity (Wildman–Crippen MR) is 78.2 cm³/mol. The zero-order chi connectivity index (χ0) is 13.9. The molecule has 0 radical (unpaired) electrons. The first kappa shape index (κ1) is 12.6. The molecule has 0 saturated carbocycles. The van der Waals surface area contributed by atoms with Crippen LogP contribution in [0.3, 0.4) is 0 Å². The van der Waals surface area contributed by atoms with Crippen molar-refractivity contribution in [2.75, 3.05) is 0 Å². The molecule has 0 aliphatic rings. The van der Waals surface area contributed by atoms with Gasteiger partial charge in [-0.2, -0.15) is 5.10 Å². The molecule has 0 saturated heterocycles. The zero-order valence-electron chi connectivity index (χ0n) is 10.6. The van der Waals surface area contributed by atoms with Gasteiger partial charge in [0.25, 0.3) is 0 Å². The molecule has 20 heavy (non-hydrogen) atoms. The van der Waals surface area contributed by atoms with E-state index < -0.39 is 5.97 Å². The number of nitrogens with zero attached hydrogens (tertiary/aromatic N) is 2. The molecule has 3 rings (SSSR count). The molecule has 0 aliphatic heterocycles. The van der Waals surface area contributed by atoms with Crippen molar-refractivity contribution in [3.63, 3.8) is 0 Å². The van der Waals surface area contributed by atoms with Crippen LogP contribution < -0.4 is 0 Å². The Kier molecular flexibility index (Phi) is 3.35. The Balaban J connectivity index is 2.08. The molecule has 0 atom stereocenters. The highest BCUT2D eigenvalue weighted by Gasteiger charge is 2.15. The summed E-state index contributed by atoms with van der Waals surface area (Å²) in [4.78, 5) is 12.0. The second-order valence-corrected chi connectivity index (χ2v) is 5.28. The lowest BCUT2D eigenvalue weighted by Gasteiger charge is -1.99. The molecule has 2 aromatic heterocycles. The number of carboxylic acid groups (broad SMARTS) is 1. The lowest BCUT2D eigenvalue weighted by Crippen LogP contribution is -1.99. The maximum absolute atomic E-state index is 11.0. The fourth-order valence-corrected chi connectivity index (χ4v) is 2.78. The highest BCUT2D eigenvalue weighted by Crippen LogP contribution is 2.28. The van der Waals surface area contributed by atoms with Crippen LogP contribution in [0, 0.1) is 0 Å². The third-order valence-electron chi connectivity index (χ3n) is 2.91. The highest BCUT2D eigenvalue weighted by atomic mass is 32.1. The Morgan fingerprint density at radius 2 is 2.00 bits per heavy atom. The molecular weight excluding hydrogens is 272 g/mol. The van der Waals surface area contributed by atoms with Crippen molar-refractivity contribution in [3.8, 4) is 16.3 Å². The van der Waals surface area contributed by atoms with E-state index in [9.17, 15) is 4.79 Å². The van der Waals surface area contributed by atoms with Crippen molar-refractivity contribution >= 4 is 17.3 Å². The minimum absolute atomic E-state index is 0.0277. The first-order valence-electron chi connectivity index (χ1n) is 6.13. The first-order chi connectivity index (χ1) is 9.74. The van der Waals surface area contributed by atoms with Gasteiger partial charge in [-0.25, -0.2) is 4.68 Å². The average molecular weight is 284 g/mol. The van der Waals surface area contributed by atoms with E-state index in [1.165, 1.54) is 0 Å². The van der Waals surface area contributed by atoms with Gasteiger partial charge in [0.2, 0.25) is 0 Å². The molecule has 0 fully saturated rings. The van der Waals surface area contributed by atoms with Gasteiger partial charge in [0, 0.05) is 11.8 Å². The maximum atomic E-state index is 11.0. The number of benzene rings is 1. The van der Waals surface area contributed by atoms with E-state index in [0.29, 0.717) is 0 Å². The van der Waals surface area contributed by atoms with Crippen LogP contribution in [-0.2, 0) is 11.2 Å². The smallest absolute Gasteiger partial charge is 0.307 e. The second kappa shape index (κ2) is 5.30. The second-order valence-electron chi connectivity index (χ2n) is 4.33. The van der Waals surface area contributed by atoms with Gasteiger partial charge in [-0.05, 0) is 23.6 Å². The molecule has 0 amide bonds. The Bertz CT molecular complexity index is 718. The number of aliphatic carboxylic acids is 1. The summed E-state index contributed by atoms with van der Waals surface area (Å²) in [5.74, 6) is -0.851. The van der Waals surface area contributed by atoms with Crippen molar-refractivity contribution < 1.29 is 9.90 Å². The number of hydrogen-bond donors (Lipinski definition) is 1. The number of thiophene rings is 1. The number of para-hydroxylation sites is 1. The number of rotatable bonds is 4. The Morgan fingerprint density at radius 1 is 1.20 bits per heavy atom. The summed E-state index contributed by atoms with van der Waals surface area (Å²) >= 11 is 1.56. The van der Waals surface area contributed by atoms with E-state index in [4.69, 9.17) is 5.11 Å². The van der Waals surface area contributed by atoms with Crippen LogP contribution in [0.4, 0.5) is 0 Å². The van der Waals surface area contributed by atoms with E-state index in [1.54, 1.807) is 22.2 Å². The summed E-state index contributed by atoms with van der Waals surface area (Å²) in [5.41, 5.74) is 2.39. The Hall–Kier alpha value is -2.40. The minimum atomic E-state index is -0.851. The van der Waals surface area contributed by atoms with Crippen molar-refractivity contribution in [3.05, 3.63) is 59.6 Å². The van der Waals surface area contributed by atoms with Crippen molar-refractivity contribution in [1.29, 1.82) is 0 Å². The molecule has 5 heteroatoms. The van der Waals surface area contributed by atoms with Crippen LogP contribution in [0.15, 0.2) is 54.0 Å². The van der Waals surface area contributed by atoms with Gasteiger partial charge in [-0.1, -0.05) is 24.3 Å². The van der Waals surface area contributed by atoms with Gasteiger partial charge in [0.15, 0.2) is 0 Å². The molecule has 2 heterocycles. The van der Waals surface area contributed by atoms with E-state index in [2.05, 4.69) is 5.10 Å². The summed E-state index contributed by atoms with van der Waals surface area (Å²) in [5, 5.41) is 15.5. The molecular formula is C15H12N2O2S. The lowest BCUT2D eigenvalue weighted by molar-refractivity contribution is -0.136. The number of aromatic nitrogens is 2. The molecule has 0 aliphatic carbocycles. The van der Waals surface area contributed by atoms with Crippen molar-refractivity contribution in [2.24, 2.45) is 0 Å². The van der Waals surface area contributed by atoms with Crippen LogP contribution in [0.25, 0.3) is 16.3 Å².